The van der Waals surface area contributed by atoms with Gasteiger partial charge in [0.15, 0.2) is 11.7 Å². The van der Waals surface area contributed by atoms with Crippen LogP contribution in [0.25, 0.3) is 16.3 Å². The van der Waals surface area contributed by atoms with E-state index in [-0.39, 0.29) is 17.1 Å². The summed E-state index contributed by atoms with van der Waals surface area (Å²) in [5, 5.41) is 21.0. The Hall–Kier alpha value is -3.64. The zero-order chi connectivity index (χ0) is 21.3. The minimum absolute atomic E-state index is 0.0160. The van der Waals surface area contributed by atoms with Crippen LogP contribution in [0.2, 0.25) is 0 Å². The van der Waals surface area contributed by atoms with Crippen molar-refractivity contribution in [3.63, 3.8) is 0 Å². The van der Waals surface area contributed by atoms with Gasteiger partial charge in [-0.1, -0.05) is 18.2 Å². The molecule has 8 nitrogen and oxygen atoms in total. The molecule has 0 bridgehead atoms. The average molecular weight is 420 g/mol. The molecule has 1 unspecified atom stereocenters. The van der Waals surface area contributed by atoms with E-state index in [4.69, 9.17) is 0 Å². The summed E-state index contributed by atoms with van der Waals surface area (Å²) in [5.41, 5.74) is 1.06. The average Bonchev–Trinajstić information content (AvgIpc) is 3.12. The molecule has 2 heterocycles. The molecule has 2 aromatic heterocycles. The van der Waals surface area contributed by atoms with Crippen LogP contribution < -0.4 is 5.56 Å². The number of aromatic nitrogens is 2. The van der Waals surface area contributed by atoms with Crippen LogP contribution in [0.1, 0.15) is 40.6 Å². The maximum Gasteiger partial charge on any atom is 0.270 e. The van der Waals surface area contributed by atoms with Gasteiger partial charge < -0.3 is 4.98 Å². The molecule has 0 amide bonds. The van der Waals surface area contributed by atoms with Gasteiger partial charge in [-0.05, 0) is 42.9 Å². The van der Waals surface area contributed by atoms with Crippen LogP contribution in [0.15, 0.2) is 35.1 Å². The van der Waals surface area contributed by atoms with Crippen molar-refractivity contribution in [3.8, 4) is 6.07 Å². The van der Waals surface area contributed by atoms with Gasteiger partial charge in [-0.25, -0.2) is 4.98 Å². The van der Waals surface area contributed by atoms with E-state index >= 15 is 0 Å². The molecule has 1 aliphatic rings. The molecule has 0 saturated carbocycles. The summed E-state index contributed by atoms with van der Waals surface area (Å²) in [5.74, 6) is -1.81. The van der Waals surface area contributed by atoms with Gasteiger partial charge in [0, 0.05) is 17.0 Å². The Morgan fingerprint density at radius 3 is 2.93 bits per heavy atom. The third-order valence-corrected chi connectivity index (χ3v) is 6.24. The first-order valence-electron chi connectivity index (χ1n) is 9.38. The minimum atomic E-state index is -1.27. The standard InChI is InChI=1S/C21H16N4O4S/c22-11-15(16(26)9-8-12-4-3-5-13(10-12)25(28)29)19-23-20(27)18-14-6-1-2-7-17(14)30-21(18)24-19/h3-5,8-10,15H,1-2,6-7H2,(H,23,24,27)/b9-8+. The number of thiophene rings is 1. The highest BCUT2D eigenvalue weighted by molar-refractivity contribution is 7.18. The van der Waals surface area contributed by atoms with Gasteiger partial charge >= 0.3 is 0 Å². The van der Waals surface area contributed by atoms with Crippen molar-refractivity contribution in [1.29, 1.82) is 5.26 Å². The Labute approximate surface area is 174 Å². The summed E-state index contributed by atoms with van der Waals surface area (Å²) in [4.78, 5) is 44.4. The summed E-state index contributed by atoms with van der Waals surface area (Å²) in [6.07, 6.45) is 6.44. The number of aromatic amines is 1. The van der Waals surface area contributed by atoms with Gasteiger partial charge in [0.1, 0.15) is 10.7 Å². The summed E-state index contributed by atoms with van der Waals surface area (Å²) in [6, 6.07) is 7.70. The molecule has 150 valence electrons. The van der Waals surface area contributed by atoms with Crippen molar-refractivity contribution in [1.82, 2.24) is 9.97 Å². The second-order valence-corrected chi connectivity index (χ2v) is 8.08. The predicted molar refractivity (Wildman–Crippen MR) is 112 cm³/mol. The largest absolute Gasteiger partial charge is 0.308 e. The number of allylic oxidation sites excluding steroid dienone is 1. The van der Waals surface area contributed by atoms with E-state index in [1.807, 2.05) is 6.07 Å². The Kier molecular flexibility index (Phi) is 5.25. The zero-order valence-corrected chi connectivity index (χ0v) is 16.6. The molecule has 1 atom stereocenters. The number of nitro benzene ring substituents is 1. The molecular formula is C21H16N4O4S. The number of non-ortho nitro benzene ring substituents is 1. The fourth-order valence-corrected chi connectivity index (χ4v) is 4.86. The van der Waals surface area contributed by atoms with Gasteiger partial charge in [0.05, 0.1) is 16.4 Å². The van der Waals surface area contributed by atoms with E-state index in [0.717, 1.165) is 36.1 Å². The number of hydrogen-bond donors (Lipinski definition) is 1. The van der Waals surface area contributed by atoms with E-state index in [9.17, 15) is 25.0 Å². The number of H-pyrrole nitrogens is 1. The molecule has 1 N–H and O–H groups in total. The number of carbonyl (C=O) groups excluding carboxylic acids is 1. The number of nitro groups is 1. The first-order chi connectivity index (χ1) is 14.5. The lowest BCUT2D eigenvalue weighted by Gasteiger charge is -2.09. The molecule has 1 aromatic carbocycles. The van der Waals surface area contributed by atoms with Crippen LogP contribution >= 0.6 is 11.3 Å². The normalized spacial score (nSPS) is 14.4. The van der Waals surface area contributed by atoms with Gasteiger partial charge in [-0.15, -0.1) is 11.3 Å². The molecular weight excluding hydrogens is 404 g/mol. The molecule has 9 heteroatoms. The lowest BCUT2D eigenvalue weighted by atomic mass is 9.97. The quantitative estimate of drug-likeness (QED) is 0.381. The Morgan fingerprint density at radius 2 is 2.17 bits per heavy atom. The molecule has 0 spiro atoms. The molecule has 0 radical (unpaired) electrons. The second kappa shape index (κ2) is 8.00. The number of ketones is 1. The van der Waals surface area contributed by atoms with Crippen LogP contribution in [0.4, 0.5) is 5.69 Å². The fraction of sp³-hybridized carbons (Fsp3) is 0.238. The number of nitrogens with zero attached hydrogens (tertiary/aromatic N) is 3. The molecule has 30 heavy (non-hydrogen) atoms. The summed E-state index contributed by atoms with van der Waals surface area (Å²) >= 11 is 1.45. The Balaban J connectivity index is 1.65. The molecule has 4 rings (SSSR count). The Bertz CT molecular complexity index is 1300. The smallest absolute Gasteiger partial charge is 0.270 e. The lowest BCUT2D eigenvalue weighted by molar-refractivity contribution is -0.384. The van der Waals surface area contributed by atoms with Crippen LogP contribution in [0.5, 0.6) is 0 Å². The number of aryl methyl sites for hydroxylation is 2. The van der Waals surface area contributed by atoms with Crippen molar-refractivity contribution < 1.29 is 9.72 Å². The molecule has 3 aromatic rings. The van der Waals surface area contributed by atoms with E-state index in [1.54, 1.807) is 6.07 Å². The number of nitriles is 1. The monoisotopic (exact) mass is 420 g/mol. The van der Waals surface area contributed by atoms with Gasteiger partial charge in [-0.2, -0.15) is 5.26 Å². The topological polar surface area (TPSA) is 130 Å². The van der Waals surface area contributed by atoms with E-state index in [2.05, 4.69) is 9.97 Å². The number of rotatable bonds is 5. The zero-order valence-electron chi connectivity index (χ0n) is 15.8. The third-order valence-electron chi connectivity index (χ3n) is 5.05. The second-order valence-electron chi connectivity index (χ2n) is 6.99. The van der Waals surface area contributed by atoms with Crippen molar-refractivity contribution in [3.05, 3.63) is 72.6 Å². The van der Waals surface area contributed by atoms with Crippen molar-refractivity contribution in [2.75, 3.05) is 0 Å². The highest BCUT2D eigenvalue weighted by Gasteiger charge is 2.25. The van der Waals surface area contributed by atoms with Gasteiger partial charge in [-0.3, -0.25) is 19.7 Å². The third kappa shape index (κ3) is 3.65. The summed E-state index contributed by atoms with van der Waals surface area (Å²) in [7, 11) is 0. The van der Waals surface area contributed by atoms with E-state index in [0.29, 0.717) is 15.8 Å². The van der Waals surface area contributed by atoms with Crippen LogP contribution in [0, 0.1) is 21.4 Å². The van der Waals surface area contributed by atoms with Crippen LogP contribution in [0.3, 0.4) is 0 Å². The highest BCUT2D eigenvalue weighted by atomic mass is 32.1. The molecule has 0 fully saturated rings. The van der Waals surface area contributed by atoms with Crippen LogP contribution in [-0.2, 0) is 17.6 Å². The van der Waals surface area contributed by atoms with Crippen molar-refractivity contribution in [2.24, 2.45) is 0 Å². The predicted octanol–water partition coefficient (Wildman–Crippen LogP) is 3.66. The molecule has 1 aliphatic carbocycles. The summed E-state index contributed by atoms with van der Waals surface area (Å²) < 4.78 is 0. The maximum absolute atomic E-state index is 12.7. The first-order valence-corrected chi connectivity index (χ1v) is 10.2. The number of fused-ring (bicyclic) bond motifs is 3. The van der Waals surface area contributed by atoms with Gasteiger partial charge in [0.2, 0.25) is 0 Å². The van der Waals surface area contributed by atoms with E-state index in [1.165, 1.54) is 41.7 Å². The number of carbonyl (C=O) groups is 1. The molecule has 0 saturated heterocycles. The first kappa shape index (κ1) is 19.7. The van der Waals surface area contributed by atoms with Gasteiger partial charge in [0.25, 0.3) is 11.2 Å². The summed E-state index contributed by atoms with van der Waals surface area (Å²) in [6.45, 7) is 0. The number of hydrogen-bond acceptors (Lipinski definition) is 7. The maximum atomic E-state index is 12.7. The SMILES string of the molecule is N#CC(C(=O)/C=C/c1cccc([N+](=O)[O-])c1)c1nc2sc3c(c2c(=O)[nH]1)CCCC3. The van der Waals surface area contributed by atoms with Crippen LogP contribution in [-0.4, -0.2) is 20.7 Å². The minimum Gasteiger partial charge on any atom is -0.308 e. The fourth-order valence-electron chi connectivity index (χ4n) is 3.59. The lowest BCUT2D eigenvalue weighted by Crippen LogP contribution is -2.18. The number of nitrogens with one attached hydrogen (secondary N) is 1. The van der Waals surface area contributed by atoms with Crippen molar-refractivity contribution >= 4 is 39.1 Å². The number of benzene rings is 1. The Morgan fingerprint density at radius 1 is 1.37 bits per heavy atom. The van der Waals surface area contributed by atoms with Crippen molar-refractivity contribution in [2.45, 2.75) is 31.6 Å². The van der Waals surface area contributed by atoms with E-state index < -0.39 is 16.6 Å². The molecule has 0 aliphatic heterocycles. The highest BCUT2D eigenvalue weighted by Crippen LogP contribution is 2.34.